The Morgan fingerprint density at radius 3 is 2.72 bits per heavy atom. The van der Waals surface area contributed by atoms with E-state index in [0.717, 1.165) is 24.8 Å². The topological polar surface area (TPSA) is 88.4 Å². The van der Waals surface area contributed by atoms with E-state index in [1.54, 1.807) is 18.3 Å². The maximum absolute atomic E-state index is 12.5. The Balaban J connectivity index is 2.16. The van der Waals surface area contributed by atoms with Gasteiger partial charge in [0, 0.05) is 12.6 Å². The van der Waals surface area contributed by atoms with Crippen LogP contribution in [0.25, 0.3) is 0 Å². The molecule has 0 saturated heterocycles. The molecule has 0 saturated carbocycles. The van der Waals surface area contributed by atoms with Gasteiger partial charge in [-0.3, -0.25) is 24.8 Å². The van der Waals surface area contributed by atoms with Crippen LogP contribution in [0.1, 0.15) is 41.5 Å². The summed E-state index contributed by atoms with van der Waals surface area (Å²) in [6, 6.07) is 3.39. The number of hydrogen-bond acceptors (Lipinski definition) is 6. The smallest absolute Gasteiger partial charge is 0.288 e. The molecule has 1 atom stereocenters. The first-order chi connectivity index (χ1) is 12.0. The number of likely N-dealkylation sites (N-methyl/N-ethyl adjacent to an activating group) is 1. The molecular weight excluding hydrogens is 340 g/mol. The van der Waals surface area contributed by atoms with Gasteiger partial charge in [0.25, 0.3) is 11.6 Å². The third kappa shape index (κ3) is 4.61. The first-order valence-electron chi connectivity index (χ1n) is 8.13. The standard InChI is InChI=1S/C17H22N4O3S/c1-4-20(5-2)16(13-6-7-25-11-13)10-19-17(22)15-8-14(21(23)24)9-18-12(15)3/h6-9,11,16H,4-5,10H2,1-3H3,(H,19,22)/t16-/m1/s1. The van der Waals surface area contributed by atoms with Crippen LogP contribution in [0.15, 0.2) is 29.1 Å². The number of hydrogen-bond donors (Lipinski definition) is 1. The van der Waals surface area contributed by atoms with Gasteiger partial charge in [0.2, 0.25) is 0 Å². The van der Waals surface area contributed by atoms with Gasteiger partial charge in [0.1, 0.15) is 6.20 Å². The molecule has 2 heterocycles. The zero-order chi connectivity index (χ0) is 18.4. The van der Waals surface area contributed by atoms with Gasteiger partial charge in [-0.15, -0.1) is 0 Å². The lowest BCUT2D eigenvalue weighted by atomic mass is 10.1. The number of nitrogens with zero attached hydrogens (tertiary/aromatic N) is 3. The molecule has 0 bridgehead atoms. The lowest BCUT2D eigenvalue weighted by Gasteiger charge is -2.29. The van der Waals surface area contributed by atoms with Gasteiger partial charge in [0.15, 0.2) is 0 Å². The lowest BCUT2D eigenvalue weighted by molar-refractivity contribution is -0.385. The molecule has 0 unspecified atom stereocenters. The quantitative estimate of drug-likeness (QED) is 0.575. The average Bonchev–Trinajstić information content (AvgIpc) is 3.12. The molecule has 134 valence electrons. The number of thiophene rings is 1. The van der Waals surface area contributed by atoms with Crippen LogP contribution in [0.4, 0.5) is 5.69 Å². The Bertz CT molecular complexity index is 729. The molecule has 0 aliphatic rings. The maximum Gasteiger partial charge on any atom is 0.288 e. The predicted octanol–water partition coefficient (Wildman–Crippen LogP) is 3.17. The summed E-state index contributed by atoms with van der Waals surface area (Å²) in [7, 11) is 0. The zero-order valence-corrected chi connectivity index (χ0v) is 15.4. The summed E-state index contributed by atoms with van der Waals surface area (Å²) in [6.45, 7) is 7.99. The molecule has 0 radical (unpaired) electrons. The van der Waals surface area contributed by atoms with E-state index in [-0.39, 0.29) is 23.2 Å². The van der Waals surface area contributed by atoms with Crippen molar-refractivity contribution >= 4 is 22.9 Å². The molecule has 1 amide bonds. The predicted molar refractivity (Wildman–Crippen MR) is 97.9 cm³/mol. The highest BCUT2D eigenvalue weighted by atomic mass is 32.1. The third-order valence-electron chi connectivity index (χ3n) is 4.16. The Hall–Kier alpha value is -2.32. The molecule has 7 nitrogen and oxygen atoms in total. The van der Waals surface area contributed by atoms with Crippen molar-refractivity contribution in [3.05, 3.63) is 56.0 Å². The van der Waals surface area contributed by atoms with E-state index >= 15 is 0 Å². The van der Waals surface area contributed by atoms with Crippen molar-refractivity contribution in [3.8, 4) is 0 Å². The monoisotopic (exact) mass is 362 g/mol. The number of pyridine rings is 1. The third-order valence-corrected chi connectivity index (χ3v) is 4.87. The van der Waals surface area contributed by atoms with E-state index in [0.29, 0.717) is 12.2 Å². The normalized spacial score (nSPS) is 12.2. The number of nitrogens with one attached hydrogen (secondary N) is 1. The fourth-order valence-corrected chi connectivity index (χ4v) is 3.43. The van der Waals surface area contributed by atoms with Gasteiger partial charge in [-0.25, -0.2) is 0 Å². The molecule has 2 aromatic rings. The highest BCUT2D eigenvalue weighted by Crippen LogP contribution is 2.22. The van der Waals surface area contributed by atoms with E-state index in [2.05, 4.69) is 40.5 Å². The first-order valence-corrected chi connectivity index (χ1v) is 9.07. The van der Waals surface area contributed by atoms with E-state index in [1.165, 1.54) is 6.07 Å². The molecule has 2 rings (SSSR count). The van der Waals surface area contributed by atoms with Crippen LogP contribution in [0.3, 0.4) is 0 Å². The summed E-state index contributed by atoms with van der Waals surface area (Å²) >= 11 is 1.62. The second kappa shape index (κ2) is 8.68. The summed E-state index contributed by atoms with van der Waals surface area (Å²) in [5, 5.41) is 17.9. The highest BCUT2D eigenvalue weighted by molar-refractivity contribution is 7.07. The molecule has 25 heavy (non-hydrogen) atoms. The Kier molecular flexibility index (Phi) is 6.60. The van der Waals surface area contributed by atoms with E-state index in [9.17, 15) is 14.9 Å². The van der Waals surface area contributed by atoms with Crippen molar-refractivity contribution in [2.24, 2.45) is 0 Å². The molecular formula is C17H22N4O3S. The molecule has 8 heteroatoms. The minimum Gasteiger partial charge on any atom is -0.350 e. The molecule has 0 aliphatic carbocycles. The molecule has 0 fully saturated rings. The summed E-state index contributed by atoms with van der Waals surface area (Å²) < 4.78 is 0. The number of nitro groups is 1. The van der Waals surface area contributed by atoms with Crippen LogP contribution in [-0.2, 0) is 0 Å². The number of rotatable bonds is 8. The number of aryl methyl sites for hydroxylation is 1. The van der Waals surface area contributed by atoms with Gasteiger partial charge < -0.3 is 5.32 Å². The molecule has 0 aromatic carbocycles. The molecule has 0 aliphatic heterocycles. The van der Waals surface area contributed by atoms with Gasteiger partial charge in [-0.2, -0.15) is 11.3 Å². The molecule has 0 spiro atoms. The van der Waals surface area contributed by atoms with Crippen LogP contribution < -0.4 is 5.32 Å². The molecule has 1 N–H and O–H groups in total. The van der Waals surface area contributed by atoms with Crippen LogP contribution in [-0.4, -0.2) is 40.3 Å². The van der Waals surface area contributed by atoms with Crippen molar-refractivity contribution in [1.29, 1.82) is 0 Å². The van der Waals surface area contributed by atoms with E-state index in [1.807, 2.05) is 5.38 Å². The number of aromatic nitrogens is 1. The maximum atomic E-state index is 12.5. The van der Waals surface area contributed by atoms with Crippen molar-refractivity contribution < 1.29 is 9.72 Å². The lowest BCUT2D eigenvalue weighted by Crippen LogP contribution is -2.38. The van der Waals surface area contributed by atoms with Gasteiger partial charge in [-0.1, -0.05) is 13.8 Å². The van der Waals surface area contributed by atoms with E-state index < -0.39 is 4.92 Å². The zero-order valence-electron chi connectivity index (χ0n) is 14.6. The van der Waals surface area contributed by atoms with Crippen molar-refractivity contribution in [1.82, 2.24) is 15.2 Å². The van der Waals surface area contributed by atoms with Crippen molar-refractivity contribution in [2.75, 3.05) is 19.6 Å². The van der Waals surface area contributed by atoms with Crippen LogP contribution in [0.5, 0.6) is 0 Å². The highest BCUT2D eigenvalue weighted by Gasteiger charge is 2.21. The van der Waals surface area contributed by atoms with Crippen molar-refractivity contribution in [3.63, 3.8) is 0 Å². The second-order valence-corrected chi connectivity index (χ2v) is 6.37. The summed E-state index contributed by atoms with van der Waals surface area (Å²) in [5.41, 5.74) is 1.67. The minimum atomic E-state index is -0.548. The first kappa shape index (κ1) is 19.0. The Morgan fingerprint density at radius 1 is 1.44 bits per heavy atom. The largest absolute Gasteiger partial charge is 0.350 e. The van der Waals surface area contributed by atoms with Crippen LogP contribution in [0.2, 0.25) is 0 Å². The number of carbonyl (C=O) groups excluding carboxylic acids is 1. The fraction of sp³-hybridized carbons (Fsp3) is 0.412. The Morgan fingerprint density at radius 2 is 2.16 bits per heavy atom. The van der Waals surface area contributed by atoms with E-state index in [4.69, 9.17) is 0 Å². The van der Waals surface area contributed by atoms with Crippen molar-refractivity contribution in [2.45, 2.75) is 26.8 Å². The number of amides is 1. The Labute approximate surface area is 150 Å². The summed E-state index contributed by atoms with van der Waals surface area (Å²) in [4.78, 5) is 29.1. The van der Waals surface area contributed by atoms with Gasteiger partial charge >= 0.3 is 0 Å². The summed E-state index contributed by atoms with van der Waals surface area (Å²) in [5.74, 6) is -0.346. The minimum absolute atomic E-state index is 0.0668. The summed E-state index contributed by atoms with van der Waals surface area (Å²) in [6.07, 6.45) is 1.16. The van der Waals surface area contributed by atoms with Crippen LogP contribution >= 0.6 is 11.3 Å². The molecule has 2 aromatic heterocycles. The van der Waals surface area contributed by atoms with Crippen LogP contribution in [0, 0.1) is 17.0 Å². The van der Waals surface area contributed by atoms with Gasteiger partial charge in [0.05, 0.1) is 22.2 Å². The average molecular weight is 362 g/mol. The second-order valence-electron chi connectivity index (χ2n) is 5.59. The van der Waals surface area contributed by atoms with Gasteiger partial charge in [-0.05, 0) is 42.4 Å². The number of carbonyl (C=O) groups is 1. The SMILES string of the molecule is CCN(CC)[C@H](CNC(=O)c1cc([N+](=O)[O-])cnc1C)c1ccsc1. The fourth-order valence-electron chi connectivity index (χ4n) is 2.72.